The summed E-state index contributed by atoms with van der Waals surface area (Å²) < 4.78 is 9.94. The fourth-order valence-electron chi connectivity index (χ4n) is 1.31. The van der Waals surface area contributed by atoms with Crippen molar-refractivity contribution in [2.45, 2.75) is 6.10 Å². The fourth-order valence-corrected chi connectivity index (χ4v) is 1.74. The normalized spacial score (nSPS) is 11.6. The average Bonchev–Trinajstić information content (AvgIpc) is 2.43. The zero-order chi connectivity index (χ0) is 14.4. The number of aliphatic hydroxyl groups is 1. The molecule has 7 heteroatoms. The summed E-state index contributed by atoms with van der Waals surface area (Å²) in [5, 5.41) is 11.8. The maximum absolute atomic E-state index is 11.9. The summed E-state index contributed by atoms with van der Waals surface area (Å²) >= 11 is 3.24. The van der Waals surface area contributed by atoms with Gasteiger partial charge in [-0.05, 0) is 34.1 Å². The number of methoxy groups -OCH3 is 2. The molecule has 0 saturated carbocycles. The number of hydrogen-bond donors (Lipinski definition) is 2. The lowest BCUT2D eigenvalue weighted by atomic mass is 10.2. The van der Waals surface area contributed by atoms with Crippen molar-refractivity contribution in [1.82, 2.24) is 5.32 Å². The number of carbonyl (C=O) groups excluding carboxylic acids is 2. The topological polar surface area (TPSA) is 84.9 Å². The van der Waals surface area contributed by atoms with Gasteiger partial charge in [0.15, 0.2) is 6.10 Å². The van der Waals surface area contributed by atoms with Crippen LogP contribution >= 0.6 is 15.9 Å². The summed E-state index contributed by atoms with van der Waals surface area (Å²) in [6.07, 6.45) is -1.39. The number of carbonyl (C=O) groups is 2. The van der Waals surface area contributed by atoms with Gasteiger partial charge in [-0.15, -0.1) is 0 Å². The van der Waals surface area contributed by atoms with E-state index in [1.165, 1.54) is 7.11 Å². The van der Waals surface area contributed by atoms with Gasteiger partial charge in [-0.25, -0.2) is 4.79 Å². The Morgan fingerprint density at radius 3 is 2.68 bits per heavy atom. The summed E-state index contributed by atoms with van der Waals surface area (Å²) in [4.78, 5) is 22.9. The molecule has 0 aliphatic heterocycles. The molecule has 0 aliphatic rings. The highest BCUT2D eigenvalue weighted by Crippen LogP contribution is 2.22. The molecule has 0 saturated heterocycles. The molecule has 19 heavy (non-hydrogen) atoms. The van der Waals surface area contributed by atoms with Crippen molar-refractivity contribution < 1.29 is 24.2 Å². The van der Waals surface area contributed by atoms with Crippen molar-refractivity contribution in [3.8, 4) is 5.75 Å². The molecule has 1 aromatic carbocycles. The van der Waals surface area contributed by atoms with Gasteiger partial charge < -0.3 is 19.9 Å². The van der Waals surface area contributed by atoms with Crippen LogP contribution in [-0.2, 0) is 9.53 Å². The highest BCUT2D eigenvalue weighted by Gasteiger charge is 2.18. The standard InChI is InChI=1S/C12H14BrNO5/c1-18-7-3-4-9(13)8(5-7)11(16)14-6-10(15)12(17)19-2/h3-5,10,15H,6H2,1-2H3,(H,14,16). The number of benzene rings is 1. The molecule has 0 aliphatic carbocycles. The second-order valence-electron chi connectivity index (χ2n) is 3.59. The molecule has 0 heterocycles. The minimum absolute atomic E-state index is 0.227. The van der Waals surface area contributed by atoms with E-state index < -0.39 is 18.0 Å². The highest BCUT2D eigenvalue weighted by atomic mass is 79.9. The summed E-state index contributed by atoms with van der Waals surface area (Å²) in [5.41, 5.74) is 0.344. The maximum atomic E-state index is 11.9. The van der Waals surface area contributed by atoms with E-state index in [-0.39, 0.29) is 6.54 Å². The summed E-state index contributed by atoms with van der Waals surface area (Å²) in [6, 6.07) is 4.92. The lowest BCUT2D eigenvalue weighted by Gasteiger charge is -2.11. The molecule has 1 unspecified atom stereocenters. The molecule has 2 N–H and O–H groups in total. The molecule has 0 radical (unpaired) electrons. The first-order valence-corrected chi connectivity index (χ1v) is 6.16. The number of halogens is 1. The van der Waals surface area contributed by atoms with Gasteiger partial charge >= 0.3 is 5.97 Å². The third-order valence-corrected chi connectivity index (χ3v) is 3.04. The number of amides is 1. The molecule has 1 amide bonds. The Bertz CT molecular complexity index is 477. The first-order valence-electron chi connectivity index (χ1n) is 5.37. The van der Waals surface area contributed by atoms with Gasteiger partial charge in [-0.2, -0.15) is 0 Å². The Kier molecular flexibility index (Phi) is 5.78. The van der Waals surface area contributed by atoms with Crippen LogP contribution in [0, 0.1) is 0 Å². The van der Waals surface area contributed by atoms with Crippen LogP contribution in [0.25, 0.3) is 0 Å². The van der Waals surface area contributed by atoms with Crippen molar-refractivity contribution in [3.63, 3.8) is 0 Å². The smallest absolute Gasteiger partial charge is 0.336 e. The molecule has 1 atom stereocenters. The van der Waals surface area contributed by atoms with Gasteiger partial charge in [0.2, 0.25) is 0 Å². The van der Waals surface area contributed by atoms with Crippen molar-refractivity contribution >= 4 is 27.8 Å². The van der Waals surface area contributed by atoms with Crippen LogP contribution in [0.4, 0.5) is 0 Å². The SMILES string of the molecule is COC(=O)C(O)CNC(=O)c1cc(OC)ccc1Br. The summed E-state index contributed by atoms with van der Waals surface area (Å²) in [6.45, 7) is -0.227. The van der Waals surface area contributed by atoms with E-state index in [0.717, 1.165) is 7.11 Å². The van der Waals surface area contributed by atoms with Gasteiger partial charge in [0, 0.05) is 4.47 Å². The molecule has 0 aromatic heterocycles. The largest absolute Gasteiger partial charge is 0.497 e. The number of ether oxygens (including phenoxy) is 2. The van der Waals surface area contributed by atoms with Crippen LogP contribution in [-0.4, -0.2) is 43.9 Å². The van der Waals surface area contributed by atoms with Crippen LogP contribution < -0.4 is 10.1 Å². The van der Waals surface area contributed by atoms with E-state index in [9.17, 15) is 14.7 Å². The fraction of sp³-hybridized carbons (Fsp3) is 0.333. The second kappa shape index (κ2) is 7.10. The van der Waals surface area contributed by atoms with Crippen LogP contribution in [0.5, 0.6) is 5.75 Å². The Morgan fingerprint density at radius 1 is 1.42 bits per heavy atom. The molecule has 104 valence electrons. The highest BCUT2D eigenvalue weighted by molar-refractivity contribution is 9.10. The molecule has 6 nitrogen and oxygen atoms in total. The number of rotatable bonds is 5. The average molecular weight is 332 g/mol. The molecular formula is C12H14BrNO5. The van der Waals surface area contributed by atoms with Gasteiger partial charge in [-0.1, -0.05) is 0 Å². The van der Waals surface area contributed by atoms with Crippen molar-refractivity contribution in [1.29, 1.82) is 0 Å². The van der Waals surface area contributed by atoms with E-state index in [2.05, 4.69) is 26.0 Å². The van der Waals surface area contributed by atoms with E-state index in [1.807, 2.05) is 0 Å². The van der Waals surface area contributed by atoms with E-state index >= 15 is 0 Å². The zero-order valence-corrected chi connectivity index (χ0v) is 12.1. The number of nitrogens with one attached hydrogen (secondary N) is 1. The van der Waals surface area contributed by atoms with Gasteiger partial charge in [0.05, 0.1) is 26.3 Å². The molecule has 0 spiro atoms. The van der Waals surface area contributed by atoms with Crippen LogP contribution in [0.15, 0.2) is 22.7 Å². The first-order chi connectivity index (χ1) is 8.99. The summed E-state index contributed by atoms with van der Waals surface area (Å²) in [5.74, 6) is -0.708. The van der Waals surface area contributed by atoms with Crippen LogP contribution in [0.2, 0.25) is 0 Å². The Labute approximate surface area is 118 Å². The molecular weight excluding hydrogens is 318 g/mol. The van der Waals surface area contributed by atoms with Gasteiger partial charge in [0.1, 0.15) is 5.75 Å². The van der Waals surface area contributed by atoms with E-state index in [1.54, 1.807) is 18.2 Å². The lowest BCUT2D eigenvalue weighted by Crippen LogP contribution is -2.37. The minimum atomic E-state index is -1.39. The lowest BCUT2D eigenvalue weighted by molar-refractivity contribution is -0.149. The third kappa shape index (κ3) is 4.22. The molecule has 1 rings (SSSR count). The van der Waals surface area contributed by atoms with Crippen molar-refractivity contribution in [2.24, 2.45) is 0 Å². The van der Waals surface area contributed by atoms with Gasteiger partial charge in [0.25, 0.3) is 5.91 Å². The predicted molar refractivity (Wildman–Crippen MR) is 71.1 cm³/mol. The number of hydrogen-bond acceptors (Lipinski definition) is 5. The van der Waals surface area contributed by atoms with E-state index in [4.69, 9.17) is 4.74 Å². The number of aliphatic hydroxyl groups excluding tert-OH is 1. The van der Waals surface area contributed by atoms with Gasteiger partial charge in [-0.3, -0.25) is 4.79 Å². The molecule has 0 fully saturated rings. The quantitative estimate of drug-likeness (QED) is 0.776. The third-order valence-electron chi connectivity index (χ3n) is 2.35. The Hall–Kier alpha value is -1.60. The monoisotopic (exact) mass is 331 g/mol. The van der Waals surface area contributed by atoms with Crippen LogP contribution in [0.1, 0.15) is 10.4 Å². The predicted octanol–water partition coefficient (Wildman–Crippen LogP) is 0.721. The van der Waals surface area contributed by atoms with Crippen molar-refractivity contribution in [2.75, 3.05) is 20.8 Å². The number of esters is 1. The van der Waals surface area contributed by atoms with Crippen molar-refractivity contribution in [3.05, 3.63) is 28.2 Å². The Balaban J connectivity index is 2.70. The molecule has 1 aromatic rings. The zero-order valence-electron chi connectivity index (χ0n) is 10.5. The Morgan fingerprint density at radius 2 is 2.11 bits per heavy atom. The van der Waals surface area contributed by atoms with Crippen LogP contribution in [0.3, 0.4) is 0 Å². The second-order valence-corrected chi connectivity index (χ2v) is 4.45. The first kappa shape index (κ1) is 15.5. The molecule has 0 bridgehead atoms. The maximum Gasteiger partial charge on any atom is 0.336 e. The minimum Gasteiger partial charge on any atom is -0.497 e. The summed E-state index contributed by atoms with van der Waals surface area (Å²) in [7, 11) is 2.65. The van der Waals surface area contributed by atoms with E-state index in [0.29, 0.717) is 15.8 Å².